The first-order valence-corrected chi connectivity index (χ1v) is 5.63. The van der Waals surface area contributed by atoms with E-state index in [1.165, 1.54) is 12.1 Å². The molecule has 1 aliphatic rings. The van der Waals surface area contributed by atoms with Crippen molar-refractivity contribution in [3.63, 3.8) is 0 Å². The van der Waals surface area contributed by atoms with Gasteiger partial charge in [-0.2, -0.15) is 8.78 Å². The fourth-order valence-electron chi connectivity index (χ4n) is 2.09. The number of aryl methyl sites for hydroxylation is 1. The second-order valence-corrected chi connectivity index (χ2v) is 3.97. The molecular formula is C13H13F2NO2. The second-order valence-electron chi connectivity index (χ2n) is 3.97. The molecule has 0 aliphatic carbocycles. The summed E-state index contributed by atoms with van der Waals surface area (Å²) in [5.74, 6) is -0.0601. The lowest BCUT2D eigenvalue weighted by atomic mass is 10.0. The number of halogens is 2. The van der Waals surface area contributed by atoms with E-state index in [4.69, 9.17) is 0 Å². The summed E-state index contributed by atoms with van der Waals surface area (Å²) in [6, 6.07) is 4.64. The Kier molecular flexibility index (Phi) is 3.60. The summed E-state index contributed by atoms with van der Waals surface area (Å²) in [4.78, 5) is 13.2. The van der Waals surface area contributed by atoms with Crippen LogP contribution in [0, 0.1) is 0 Å². The van der Waals surface area contributed by atoms with Gasteiger partial charge in [0.15, 0.2) is 0 Å². The predicted octanol–water partition coefficient (Wildman–Crippen LogP) is 2.75. The quantitative estimate of drug-likeness (QED) is 0.775. The Hall–Kier alpha value is -1.91. The first kappa shape index (κ1) is 12.5. The zero-order valence-corrected chi connectivity index (χ0v) is 9.73. The third-order valence-electron chi connectivity index (χ3n) is 2.84. The predicted molar refractivity (Wildman–Crippen MR) is 63.9 cm³/mol. The van der Waals surface area contributed by atoms with E-state index in [-0.39, 0.29) is 11.7 Å². The monoisotopic (exact) mass is 253 g/mol. The molecule has 0 unspecified atom stereocenters. The third-order valence-corrected chi connectivity index (χ3v) is 2.84. The van der Waals surface area contributed by atoms with Gasteiger partial charge in [-0.1, -0.05) is 6.58 Å². The molecule has 0 spiro atoms. The fourth-order valence-corrected chi connectivity index (χ4v) is 2.09. The van der Waals surface area contributed by atoms with Gasteiger partial charge in [0.2, 0.25) is 5.91 Å². The highest BCUT2D eigenvalue weighted by Gasteiger charge is 2.21. The average molecular weight is 253 g/mol. The largest absolute Gasteiger partial charge is 0.435 e. The van der Waals surface area contributed by atoms with Crippen LogP contribution in [0.5, 0.6) is 5.75 Å². The van der Waals surface area contributed by atoms with E-state index in [2.05, 4.69) is 11.3 Å². The van der Waals surface area contributed by atoms with Crippen molar-refractivity contribution in [2.75, 3.05) is 11.4 Å². The number of anilines is 1. The highest BCUT2D eigenvalue weighted by Crippen LogP contribution is 2.31. The van der Waals surface area contributed by atoms with Gasteiger partial charge in [0.1, 0.15) is 5.75 Å². The van der Waals surface area contributed by atoms with E-state index in [9.17, 15) is 13.6 Å². The highest BCUT2D eigenvalue weighted by atomic mass is 19.3. The fraction of sp³-hybridized carbons (Fsp3) is 0.308. The molecule has 2 rings (SSSR count). The minimum Gasteiger partial charge on any atom is -0.435 e. The van der Waals surface area contributed by atoms with E-state index in [1.807, 2.05) is 0 Å². The first-order chi connectivity index (χ1) is 8.61. The molecule has 1 amide bonds. The highest BCUT2D eigenvalue weighted by molar-refractivity contribution is 6.01. The van der Waals surface area contributed by atoms with Crippen LogP contribution in [0.4, 0.5) is 14.5 Å². The molecule has 5 heteroatoms. The normalized spacial score (nSPS) is 14.3. The number of hydrogen-bond acceptors (Lipinski definition) is 2. The second kappa shape index (κ2) is 5.16. The van der Waals surface area contributed by atoms with Gasteiger partial charge in [-0.3, -0.25) is 4.79 Å². The van der Waals surface area contributed by atoms with Gasteiger partial charge in [-0.15, -0.1) is 0 Å². The van der Waals surface area contributed by atoms with Crippen LogP contribution in [0.25, 0.3) is 0 Å². The van der Waals surface area contributed by atoms with E-state index in [1.54, 1.807) is 17.0 Å². The Morgan fingerprint density at radius 2 is 2.28 bits per heavy atom. The van der Waals surface area contributed by atoms with Crippen molar-refractivity contribution in [1.29, 1.82) is 0 Å². The molecule has 0 fully saturated rings. The Morgan fingerprint density at radius 1 is 1.50 bits per heavy atom. The molecule has 0 bridgehead atoms. The lowest BCUT2D eigenvalue weighted by molar-refractivity contribution is -0.114. The molecule has 1 aromatic rings. The Balaban J connectivity index is 2.30. The van der Waals surface area contributed by atoms with Gasteiger partial charge in [0.25, 0.3) is 0 Å². The third kappa shape index (κ3) is 2.50. The minimum atomic E-state index is -2.84. The number of carbonyl (C=O) groups excluding carboxylic acids is 1. The number of hydrogen-bond donors (Lipinski definition) is 0. The van der Waals surface area contributed by atoms with Crippen LogP contribution in [-0.4, -0.2) is 19.1 Å². The summed E-state index contributed by atoms with van der Waals surface area (Å²) in [6.07, 6.45) is 2.79. The van der Waals surface area contributed by atoms with E-state index >= 15 is 0 Å². The average Bonchev–Trinajstić information content (AvgIpc) is 2.36. The van der Waals surface area contributed by atoms with Crippen LogP contribution in [0.2, 0.25) is 0 Å². The number of benzene rings is 1. The SMILES string of the molecule is C=CC(=O)N1CCCc2cc(OC(F)F)ccc21. The smallest absolute Gasteiger partial charge is 0.387 e. The van der Waals surface area contributed by atoms with Crippen LogP contribution >= 0.6 is 0 Å². The molecule has 1 aromatic carbocycles. The Morgan fingerprint density at radius 3 is 2.94 bits per heavy atom. The lowest BCUT2D eigenvalue weighted by Gasteiger charge is -2.28. The van der Waals surface area contributed by atoms with Crippen LogP contribution in [0.15, 0.2) is 30.9 Å². The summed E-state index contributed by atoms with van der Waals surface area (Å²) in [7, 11) is 0. The maximum Gasteiger partial charge on any atom is 0.387 e. The Labute approximate surface area is 104 Å². The molecule has 0 radical (unpaired) electrons. The minimum absolute atomic E-state index is 0.122. The maximum atomic E-state index is 12.1. The van der Waals surface area contributed by atoms with Crippen molar-refractivity contribution in [1.82, 2.24) is 0 Å². The summed E-state index contributed by atoms with van der Waals surface area (Å²) in [5, 5.41) is 0. The maximum absolute atomic E-state index is 12.1. The van der Waals surface area contributed by atoms with Crippen LogP contribution < -0.4 is 9.64 Å². The molecular weight excluding hydrogens is 240 g/mol. The Bertz CT molecular complexity index is 474. The number of amides is 1. The number of ether oxygens (including phenoxy) is 1. The molecule has 1 heterocycles. The van der Waals surface area contributed by atoms with Crippen molar-refractivity contribution in [2.45, 2.75) is 19.5 Å². The topological polar surface area (TPSA) is 29.5 Å². The number of fused-ring (bicyclic) bond motifs is 1. The molecule has 1 aliphatic heterocycles. The van der Waals surface area contributed by atoms with E-state index in [0.717, 1.165) is 24.1 Å². The van der Waals surface area contributed by atoms with Gasteiger partial charge in [-0.05, 0) is 42.7 Å². The first-order valence-electron chi connectivity index (χ1n) is 5.63. The molecule has 0 saturated carbocycles. The van der Waals surface area contributed by atoms with Gasteiger partial charge in [0.05, 0.1) is 0 Å². The summed E-state index contributed by atoms with van der Waals surface area (Å²) >= 11 is 0. The number of carbonyl (C=O) groups is 1. The van der Waals surface area contributed by atoms with Crippen molar-refractivity contribution in [3.05, 3.63) is 36.4 Å². The van der Waals surface area contributed by atoms with Crippen molar-refractivity contribution < 1.29 is 18.3 Å². The van der Waals surface area contributed by atoms with Gasteiger partial charge in [-0.25, -0.2) is 0 Å². The molecule has 18 heavy (non-hydrogen) atoms. The lowest BCUT2D eigenvalue weighted by Crippen LogP contribution is -2.34. The van der Waals surface area contributed by atoms with Crippen molar-refractivity contribution in [3.8, 4) is 5.75 Å². The van der Waals surface area contributed by atoms with Crippen LogP contribution in [0.3, 0.4) is 0 Å². The van der Waals surface area contributed by atoms with Crippen LogP contribution in [0.1, 0.15) is 12.0 Å². The number of alkyl halides is 2. The molecule has 0 N–H and O–H groups in total. The number of rotatable bonds is 3. The van der Waals surface area contributed by atoms with Crippen molar-refractivity contribution >= 4 is 11.6 Å². The van der Waals surface area contributed by atoms with Crippen molar-refractivity contribution in [2.24, 2.45) is 0 Å². The van der Waals surface area contributed by atoms with Gasteiger partial charge < -0.3 is 9.64 Å². The molecule has 96 valence electrons. The molecule has 0 atom stereocenters. The van der Waals surface area contributed by atoms with Gasteiger partial charge >= 0.3 is 6.61 Å². The van der Waals surface area contributed by atoms with E-state index < -0.39 is 6.61 Å². The molecule has 3 nitrogen and oxygen atoms in total. The summed E-state index contributed by atoms with van der Waals surface area (Å²) in [6.45, 7) is 1.23. The number of nitrogens with zero attached hydrogens (tertiary/aromatic N) is 1. The van der Waals surface area contributed by atoms with E-state index in [0.29, 0.717) is 6.54 Å². The molecule has 0 saturated heterocycles. The van der Waals surface area contributed by atoms with Gasteiger partial charge in [0, 0.05) is 12.2 Å². The molecule has 0 aromatic heterocycles. The summed E-state index contributed by atoms with van der Waals surface area (Å²) < 4.78 is 28.6. The summed E-state index contributed by atoms with van der Waals surface area (Å²) in [5.41, 5.74) is 1.59. The van der Waals surface area contributed by atoms with Crippen LogP contribution in [-0.2, 0) is 11.2 Å². The zero-order valence-electron chi connectivity index (χ0n) is 9.73. The zero-order chi connectivity index (χ0) is 13.1. The standard InChI is InChI=1S/C13H13F2NO2/c1-2-12(17)16-7-3-4-9-8-10(18-13(14)15)5-6-11(9)16/h2,5-6,8,13H,1,3-4,7H2.